The first-order valence-electron chi connectivity index (χ1n) is 5.60. The van der Waals surface area contributed by atoms with E-state index in [1.165, 1.54) is 18.2 Å². The predicted molar refractivity (Wildman–Crippen MR) is 77.6 cm³/mol. The van der Waals surface area contributed by atoms with E-state index >= 15 is 0 Å². The normalized spacial score (nSPS) is 10.3. The Hall–Kier alpha value is -1.88. The highest BCUT2D eigenvalue weighted by Crippen LogP contribution is 2.22. The molecule has 3 nitrogen and oxygen atoms in total. The Morgan fingerprint density at radius 2 is 2.05 bits per heavy atom. The van der Waals surface area contributed by atoms with Gasteiger partial charge in [-0.05, 0) is 42.8 Å². The van der Waals surface area contributed by atoms with Crippen LogP contribution < -0.4 is 11.1 Å². The Bertz CT molecular complexity index is 643. The van der Waals surface area contributed by atoms with Crippen LogP contribution in [-0.4, -0.2) is 5.91 Å². The summed E-state index contributed by atoms with van der Waals surface area (Å²) < 4.78 is 14.2. The Kier molecular flexibility index (Phi) is 3.85. The monoisotopic (exact) mass is 322 g/mol. The van der Waals surface area contributed by atoms with Crippen LogP contribution in [0.25, 0.3) is 0 Å². The number of carbonyl (C=O) groups is 1. The number of rotatable bonds is 2. The topological polar surface area (TPSA) is 55.1 Å². The third-order valence-electron chi connectivity index (χ3n) is 2.73. The van der Waals surface area contributed by atoms with Gasteiger partial charge in [0.05, 0.1) is 11.3 Å². The molecule has 0 bridgehead atoms. The van der Waals surface area contributed by atoms with E-state index in [1.54, 1.807) is 6.07 Å². The largest absolute Gasteiger partial charge is 0.396 e. The average molecular weight is 323 g/mol. The van der Waals surface area contributed by atoms with Crippen LogP contribution in [-0.2, 0) is 0 Å². The van der Waals surface area contributed by atoms with Gasteiger partial charge in [0.15, 0.2) is 0 Å². The van der Waals surface area contributed by atoms with Crippen molar-refractivity contribution in [2.75, 3.05) is 11.1 Å². The lowest BCUT2D eigenvalue weighted by atomic mass is 10.1. The fraction of sp³-hybridized carbons (Fsp3) is 0.0714. The summed E-state index contributed by atoms with van der Waals surface area (Å²) in [6, 6.07) is 9.63. The number of aryl methyl sites for hydroxylation is 1. The smallest absolute Gasteiger partial charge is 0.257 e. The lowest BCUT2D eigenvalue weighted by Gasteiger charge is -2.10. The summed E-state index contributed by atoms with van der Waals surface area (Å²) in [6.45, 7) is 1.87. The molecule has 0 unspecified atom stereocenters. The van der Waals surface area contributed by atoms with Crippen LogP contribution in [0.1, 0.15) is 15.9 Å². The summed E-state index contributed by atoms with van der Waals surface area (Å²) in [5.41, 5.74) is 7.10. The highest BCUT2D eigenvalue weighted by molar-refractivity contribution is 9.10. The standard InChI is InChI=1S/C14H12BrFN2O/c1-8-7-9(15)5-6-12(8)18-14(19)10-3-2-4-11(16)13(10)17/h2-7H,17H2,1H3,(H,18,19). The van der Waals surface area contributed by atoms with E-state index < -0.39 is 11.7 Å². The van der Waals surface area contributed by atoms with Crippen molar-refractivity contribution >= 4 is 33.2 Å². The van der Waals surface area contributed by atoms with E-state index in [-0.39, 0.29) is 11.3 Å². The molecule has 0 saturated heterocycles. The number of para-hydroxylation sites is 1. The zero-order chi connectivity index (χ0) is 14.0. The van der Waals surface area contributed by atoms with Crippen molar-refractivity contribution in [1.29, 1.82) is 0 Å². The van der Waals surface area contributed by atoms with Crippen LogP contribution in [0.2, 0.25) is 0 Å². The molecule has 3 N–H and O–H groups in total. The Morgan fingerprint density at radius 1 is 1.32 bits per heavy atom. The number of benzene rings is 2. The zero-order valence-electron chi connectivity index (χ0n) is 10.2. The molecule has 98 valence electrons. The van der Waals surface area contributed by atoms with Gasteiger partial charge >= 0.3 is 0 Å². The molecule has 0 saturated carbocycles. The second kappa shape index (κ2) is 5.40. The fourth-order valence-corrected chi connectivity index (χ4v) is 2.17. The summed E-state index contributed by atoms with van der Waals surface area (Å²) >= 11 is 3.35. The van der Waals surface area contributed by atoms with Crippen molar-refractivity contribution in [2.45, 2.75) is 6.92 Å². The lowest BCUT2D eigenvalue weighted by Crippen LogP contribution is -2.15. The van der Waals surface area contributed by atoms with Crippen molar-refractivity contribution in [2.24, 2.45) is 0 Å². The number of hydrogen-bond acceptors (Lipinski definition) is 2. The number of anilines is 2. The SMILES string of the molecule is Cc1cc(Br)ccc1NC(=O)c1cccc(F)c1N. The zero-order valence-corrected chi connectivity index (χ0v) is 11.8. The van der Waals surface area contributed by atoms with E-state index in [4.69, 9.17) is 5.73 Å². The van der Waals surface area contributed by atoms with Crippen LogP contribution in [0, 0.1) is 12.7 Å². The minimum Gasteiger partial charge on any atom is -0.396 e. The van der Waals surface area contributed by atoms with Crippen LogP contribution in [0.5, 0.6) is 0 Å². The van der Waals surface area contributed by atoms with Gasteiger partial charge in [-0.25, -0.2) is 4.39 Å². The van der Waals surface area contributed by atoms with Gasteiger partial charge in [0.2, 0.25) is 0 Å². The van der Waals surface area contributed by atoms with E-state index in [9.17, 15) is 9.18 Å². The Morgan fingerprint density at radius 3 is 2.74 bits per heavy atom. The van der Waals surface area contributed by atoms with Gasteiger partial charge < -0.3 is 11.1 Å². The van der Waals surface area contributed by atoms with Crippen LogP contribution >= 0.6 is 15.9 Å². The van der Waals surface area contributed by atoms with Crippen LogP contribution in [0.4, 0.5) is 15.8 Å². The van der Waals surface area contributed by atoms with Gasteiger partial charge in [0.25, 0.3) is 5.91 Å². The molecule has 0 aliphatic rings. The number of halogens is 2. The molecule has 0 aliphatic carbocycles. The summed E-state index contributed by atoms with van der Waals surface area (Å²) in [5.74, 6) is -1.03. The lowest BCUT2D eigenvalue weighted by molar-refractivity contribution is 0.102. The molecule has 19 heavy (non-hydrogen) atoms. The minimum absolute atomic E-state index is 0.127. The van der Waals surface area contributed by atoms with E-state index in [0.717, 1.165) is 10.0 Å². The molecular formula is C14H12BrFN2O. The van der Waals surface area contributed by atoms with Crippen molar-refractivity contribution in [1.82, 2.24) is 0 Å². The number of nitrogens with two attached hydrogens (primary N) is 1. The minimum atomic E-state index is -0.597. The molecule has 2 aromatic rings. The van der Waals surface area contributed by atoms with Gasteiger partial charge in [-0.1, -0.05) is 22.0 Å². The number of carbonyl (C=O) groups excluding carboxylic acids is 1. The fourth-order valence-electron chi connectivity index (χ4n) is 1.69. The number of amides is 1. The van der Waals surface area contributed by atoms with Gasteiger partial charge in [-0.3, -0.25) is 4.79 Å². The molecule has 0 fully saturated rings. The number of hydrogen-bond donors (Lipinski definition) is 2. The third-order valence-corrected chi connectivity index (χ3v) is 3.23. The molecule has 2 aromatic carbocycles. The summed E-state index contributed by atoms with van der Waals surface area (Å²) in [7, 11) is 0. The predicted octanol–water partition coefficient (Wildman–Crippen LogP) is 3.73. The molecule has 0 spiro atoms. The summed E-state index contributed by atoms with van der Waals surface area (Å²) in [5, 5.41) is 2.72. The average Bonchev–Trinajstić information content (AvgIpc) is 2.36. The maximum absolute atomic E-state index is 13.3. The molecule has 2 rings (SSSR count). The van der Waals surface area contributed by atoms with Crippen LogP contribution in [0.3, 0.4) is 0 Å². The van der Waals surface area contributed by atoms with E-state index in [1.807, 2.05) is 19.1 Å². The Balaban J connectivity index is 2.28. The number of nitrogen functional groups attached to an aromatic ring is 1. The maximum atomic E-state index is 13.3. The van der Waals surface area contributed by atoms with E-state index in [0.29, 0.717) is 5.69 Å². The maximum Gasteiger partial charge on any atom is 0.257 e. The third kappa shape index (κ3) is 2.93. The van der Waals surface area contributed by atoms with Crippen molar-refractivity contribution in [3.63, 3.8) is 0 Å². The highest BCUT2D eigenvalue weighted by Gasteiger charge is 2.13. The van der Waals surface area contributed by atoms with Gasteiger partial charge in [-0.15, -0.1) is 0 Å². The molecule has 0 radical (unpaired) electrons. The van der Waals surface area contributed by atoms with Gasteiger partial charge in [-0.2, -0.15) is 0 Å². The van der Waals surface area contributed by atoms with Crippen molar-refractivity contribution < 1.29 is 9.18 Å². The van der Waals surface area contributed by atoms with Crippen molar-refractivity contribution in [3.8, 4) is 0 Å². The quantitative estimate of drug-likeness (QED) is 0.828. The summed E-state index contributed by atoms with van der Waals surface area (Å²) in [4.78, 5) is 12.1. The summed E-state index contributed by atoms with van der Waals surface area (Å²) in [6.07, 6.45) is 0. The first kappa shape index (κ1) is 13.5. The molecule has 0 aliphatic heterocycles. The highest BCUT2D eigenvalue weighted by atomic mass is 79.9. The first-order valence-corrected chi connectivity index (χ1v) is 6.40. The molecular weight excluding hydrogens is 311 g/mol. The molecule has 0 aromatic heterocycles. The van der Waals surface area contributed by atoms with Gasteiger partial charge in [0.1, 0.15) is 5.82 Å². The second-order valence-corrected chi connectivity index (χ2v) is 5.03. The number of nitrogens with one attached hydrogen (secondary N) is 1. The van der Waals surface area contributed by atoms with Crippen LogP contribution in [0.15, 0.2) is 40.9 Å². The molecule has 5 heteroatoms. The van der Waals surface area contributed by atoms with Gasteiger partial charge in [0, 0.05) is 10.2 Å². The first-order chi connectivity index (χ1) is 8.99. The molecule has 1 amide bonds. The molecule has 0 atom stereocenters. The second-order valence-electron chi connectivity index (χ2n) is 4.11. The Labute approximate surface area is 118 Å². The van der Waals surface area contributed by atoms with Crippen molar-refractivity contribution in [3.05, 3.63) is 57.8 Å². The van der Waals surface area contributed by atoms with E-state index in [2.05, 4.69) is 21.2 Å². The molecule has 0 heterocycles.